The molecule has 7 heteroatoms. The van der Waals surface area contributed by atoms with Crippen LogP contribution in [0.2, 0.25) is 0 Å². The zero-order valence-corrected chi connectivity index (χ0v) is 18.3. The largest absolute Gasteiger partial charge is 0.369 e. The number of piperidine rings is 1. The molecule has 0 aromatic heterocycles. The topological polar surface area (TPSA) is 105 Å². The third-order valence-electron chi connectivity index (χ3n) is 5.57. The van der Waals surface area contributed by atoms with Crippen molar-refractivity contribution < 1.29 is 14.4 Å². The van der Waals surface area contributed by atoms with Gasteiger partial charge in [0.05, 0.1) is 0 Å². The molecule has 1 saturated heterocycles. The van der Waals surface area contributed by atoms with Gasteiger partial charge in [-0.3, -0.25) is 19.3 Å². The smallest absolute Gasteiger partial charge is 0.246 e. The highest BCUT2D eigenvalue weighted by Crippen LogP contribution is 2.20. The molecule has 0 saturated carbocycles. The fraction of sp³-hybridized carbons (Fsp3) is 0.320. The van der Waals surface area contributed by atoms with Gasteiger partial charge >= 0.3 is 0 Å². The summed E-state index contributed by atoms with van der Waals surface area (Å²) in [6.45, 7) is 4.04. The number of amides is 3. The summed E-state index contributed by atoms with van der Waals surface area (Å²) in [5.74, 6) is -0.863. The summed E-state index contributed by atoms with van der Waals surface area (Å²) in [7, 11) is 0. The van der Waals surface area contributed by atoms with E-state index < -0.39 is 6.04 Å². The van der Waals surface area contributed by atoms with Crippen LogP contribution in [0.3, 0.4) is 0 Å². The first kappa shape index (κ1) is 23.2. The summed E-state index contributed by atoms with van der Waals surface area (Å²) in [5.41, 5.74) is 8.07. The molecule has 0 bridgehead atoms. The van der Waals surface area contributed by atoms with Crippen LogP contribution in [0.5, 0.6) is 0 Å². The van der Waals surface area contributed by atoms with Gasteiger partial charge in [-0.25, -0.2) is 0 Å². The molecule has 3 rings (SSSR count). The van der Waals surface area contributed by atoms with E-state index in [-0.39, 0.29) is 23.6 Å². The zero-order valence-electron chi connectivity index (χ0n) is 18.3. The zero-order chi connectivity index (χ0) is 22.9. The predicted octanol–water partition coefficient (Wildman–Crippen LogP) is 2.54. The van der Waals surface area contributed by atoms with Gasteiger partial charge in [0, 0.05) is 24.2 Å². The Morgan fingerprint density at radius 2 is 1.81 bits per heavy atom. The van der Waals surface area contributed by atoms with Crippen molar-refractivity contribution in [1.29, 1.82) is 0 Å². The lowest BCUT2D eigenvalue weighted by atomic mass is 9.96. The number of nitrogens with one attached hydrogen (secondary N) is 2. The molecule has 2 aromatic rings. The number of rotatable bonds is 8. The van der Waals surface area contributed by atoms with E-state index in [0.717, 1.165) is 43.6 Å². The van der Waals surface area contributed by atoms with Gasteiger partial charge in [0.15, 0.2) is 0 Å². The van der Waals surface area contributed by atoms with Crippen molar-refractivity contribution in [2.24, 2.45) is 11.7 Å². The molecule has 7 nitrogen and oxygen atoms in total. The molecule has 1 heterocycles. The molecular weight excluding hydrogens is 404 g/mol. The molecule has 1 fully saturated rings. The van der Waals surface area contributed by atoms with Crippen LogP contribution in [-0.2, 0) is 20.9 Å². The van der Waals surface area contributed by atoms with Crippen LogP contribution in [0, 0.1) is 5.92 Å². The fourth-order valence-electron chi connectivity index (χ4n) is 3.69. The molecule has 2 aromatic carbocycles. The molecule has 1 atom stereocenters. The molecule has 168 valence electrons. The Labute approximate surface area is 188 Å². The van der Waals surface area contributed by atoms with E-state index in [4.69, 9.17) is 5.73 Å². The van der Waals surface area contributed by atoms with Crippen molar-refractivity contribution in [1.82, 2.24) is 10.2 Å². The Bertz CT molecular complexity index is 966. The van der Waals surface area contributed by atoms with Crippen LogP contribution in [0.15, 0.2) is 60.7 Å². The van der Waals surface area contributed by atoms with Crippen molar-refractivity contribution in [2.45, 2.75) is 32.4 Å². The lowest BCUT2D eigenvalue weighted by Crippen LogP contribution is -2.40. The Balaban J connectivity index is 1.49. The van der Waals surface area contributed by atoms with E-state index in [1.165, 1.54) is 6.08 Å². The second kappa shape index (κ2) is 11.2. The van der Waals surface area contributed by atoms with Gasteiger partial charge in [0.1, 0.15) is 6.04 Å². The number of benzene rings is 2. The van der Waals surface area contributed by atoms with E-state index in [1.54, 1.807) is 13.0 Å². The molecule has 0 radical (unpaired) electrons. The van der Waals surface area contributed by atoms with Crippen molar-refractivity contribution in [3.8, 4) is 0 Å². The molecule has 1 unspecified atom stereocenters. The number of carbonyl (C=O) groups is 3. The molecule has 0 spiro atoms. The Morgan fingerprint density at radius 1 is 1.09 bits per heavy atom. The molecular formula is C25H30N4O3. The third kappa shape index (κ3) is 7.06. The summed E-state index contributed by atoms with van der Waals surface area (Å²) < 4.78 is 0. The van der Waals surface area contributed by atoms with Gasteiger partial charge in [0.2, 0.25) is 17.7 Å². The van der Waals surface area contributed by atoms with Crippen molar-refractivity contribution in [3.05, 3.63) is 71.8 Å². The SMILES string of the molecule is CC(NC(=O)C=Cc1ccccc1)C(=O)Nc1cccc(CN2CCC(C(N)=O)CC2)c1. The summed E-state index contributed by atoms with van der Waals surface area (Å²) in [5, 5.41) is 5.54. The molecule has 4 N–H and O–H groups in total. The number of anilines is 1. The van der Waals surface area contributed by atoms with E-state index in [1.807, 2.05) is 54.6 Å². The van der Waals surface area contributed by atoms with Gasteiger partial charge in [-0.15, -0.1) is 0 Å². The average Bonchev–Trinajstić information content (AvgIpc) is 2.79. The standard InChI is InChI=1S/C25H30N4O3/c1-18(27-23(30)11-10-19-6-3-2-4-7-19)25(32)28-22-9-5-8-20(16-22)17-29-14-12-21(13-15-29)24(26)31/h2-11,16,18,21H,12-15,17H2,1H3,(H2,26,31)(H,27,30)(H,28,32). The van der Waals surface area contributed by atoms with E-state index in [0.29, 0.717) is 5.69 Å². The Morgan fingerprint density at radius 3 is 2.50 bits per heavy atom. The quantitative estimate of drug-likeness (QED) is 0.555. The first-order valence-corrected chi connectivity index (χ1v) is 10.9. The monoisotopic (exact) mass is 434 g/mol. The predicted molar refractivity (Wildman–Crippen MR) is 125 cm³/mol. The normalized spacial score (nSPS) is 15.9. The summed E-state index contributed by atoms with van der Waals surface area (Å²) in [6, 6.07) is 16.5. The van der Waals surface area contributed by atoms with Gasteiger partial charge in [-0.1, -0.05) is 42.5 Å². The van der Waals surface area contributed by atoms with Crippen molar-refractivity contribution in [3.63, 3.8) is 0 Å². The Hall–Kier alpha value is -3.45. The number of hydrogen-bond acceptors (Lipinski definition) is 4. The highest BCUT2D eigenvalue weighted by Gasteiger charge is 2.23. The summed E-state index contributed by atoms with van der Waals surface area (Å²) >= 11 is 0. The number of likely N-dealkylation sites (tertiary alicyclic amines) is 1. The maximum atomic E-state index is 12.5. The highest BCUT2D eigenvalue weighted by molar-refractivity contribution is 5.99. The lowest BCUT2D eigenvalue weighted by Gasteiger charge is -2.30. The van der Waals surface area contributed by atoms with Crippen LogP contribution < -0.4 is 16.4 Å². The second-order valence-electron chi connectivity index (χ2n) is 8.12. The third-order valence-corrected chi connectivity index (χ3v) is 5.57. The molecule has 32 heavy (non-hydrogen) atoms. The fourth-order valence-corrected chi connectivity index (χ4v) is 3.69. The number of nitrogens with zero attached hydrogens (tertiary/aromatic N) is 1. The van der Waals surface area contributed by atoms with E-state index >= 15 is 0 Å². The summed E-state index contributed by atoms with van der Waals surface area (Å²) in [6.07, 6.45) is 4.68. The second-order valence-corrected chi connectivity index (χ2v) is 8.12. The number of primary amides is 1. The van der Waals surface area contributed by atoms with Gasteiger partial charge in [-0.05, 0) is 62.2 Å². The van der Waals surface area contributed by atoms with Crippen molar-refractivity contribution >= 4 is 29.5 Å². The lowest BCUT2D eigenvalue weighted by molar-refractivity contribution is -0.123. The molecule has 0 aliphatic carbocycles. The summed E-state index contributed by atoms with van der Waals surface area (Å²) in [4.78, 5) is 38.2. The minimum atomic E-state index is -0.681. The van der Waals surface area contributed by atoms with Crippen molar-refractivity contribution in [2.75, 3.05) is 18.4 Å². The highest BCUT2D eigenvalue weighted by atomic mass is 16.2. The molecule has 1 aliphatic heterocycles. The van der Waals surface area contributed by atoms with Gasteiger partial charge in [-0.2, -0.15) is 0 Å². The number of hydrogen-bond donors (Lipinski definition) is 3. The molecule has 1 aliphatic rings. The minimum Gasteiger partial charge on any atom is -0.369 e. The Kier molecular flexibility index (Phi) is 8.16. The minimum absolute atomic E-state index is 0.0314. The van der Waals surface area contributed by atoms with Crippen LogP contribution in [0.25, 0.3) is 6.08 Å². The van der Waals surface area contributed by atoms with Crippen LogP contribution >= 0.6 is 0 Å². The average molecular weight is 435 g/mol. The molecule has 3 amide bonds. The number of carbonyl (C=O) groups excluding carboxylic acids is 3. The van der Waals surface area contributed by atoms with Crippen LogP contribution in [0.1, 0.15) is 30.9 Å². The number of nitrogens with two attached hydrogens (primary N) is 1. The maximum absolute atomic E-state index is 12.5. The van der Waals surface area contributed by atoms with E-state index in [9.17, 15) is 14.4 Å². The maximum Gasteiger partial charge on any atom is 0.246 e. The van der Waals surface area contributed by atoms with Gasteiger partial charge in [0.25, 0.3) is 0 Å². The van der Waals surface area contributed by atoms with Gasteiger partial charge < -0.3 is 16.4 Å². The first-order chi connectivity index (χ1) is 15.4. The first-order valence-electron chi connectivity index (χ1n) is 10.9. The van der Waals surface area contributed by atoms with Crippen LogP contribution in [-0.4, -0.2) is 41.8 Å². The van der Waals surface area contributed by atoms with E-state index in [2.05, 4.69) is 15.5 Å². The van der Waals surface area contributed by atoms with Crippen LogP contribution in [0.4, 0.5) is 5.69 Å².